The molecule has 4 rings (SSSR count). The molecular weight excluding hydrogens is 312 g/mol. The third-order valence-corrected chi connectivity index (χ3v) is 4.33. The first-order valence-corrected chi connectivity index (χ1v) is 8.31. The quantitative estimate of drug-likeness (QED) is 0.798. The van der Waals surface area contributed by atoms with Gasteiger partial charge in [0, 0.05) is 31.2 Å². The minimum atomic E-state index is -0.175. The van der Waals surface area contributed by atoms with Crippen LogP contribution in [0.25, 0.3) is 0 Å². The number of carbonyl (C=O) groups is 1. The highest BCUT2D eigenvalue weighted by Gasteiger charge is 2.21. The molecule has 0 saturated heterocycles. The molecule has 2 aromatic heterocycles. The molecule has 0 saturated carbocycles. The van der Waals surface area contributed by atoms with Crippen molar-refractivity contribution in [2.24, 2.45) is 0 Å². The van der Waals surface area contributed by atoms with Crippen molar-refractivity contribution >= 4 is 17.4 Å². The summed E-state index contributed by atoms with van der Waals surface area (Å²) in [5, 5.41) is 2.90. The van der Waals surface area contributed by atoms with Crippen molar-refractivity contribution in [1.82, 2.24) is 15.3 Å². The number of hydrogen-bond acceptors (Lipinski definition) is 4. The van der Waals surface area contributed by atoms with Crippen LogP contribution in [0.3, 0.4) is 0 Å². The molecule has 0 atom stereocenters. The highest BCUT2D eigenvalue weighted by molar-refractivity contribution is 5.92. The van der Waals surface area contributed by atoms with Crippen molar-refractivity contribution in [2.45, 2.75) is 13.0 Å². The van der Waals surface area contributed by atoms with Crippen LogP contribution < -0.4 is 10.2 Å². The summed E-state index contributed by atoms with van der Waals surface area (Å²) >= 11 is 0. The number of nitrogens with one attached hydrogen (secondary N) is 1. The molecule has 0 unspecified atom stereocenters. The molecule has 1 N–H and O–H groups in total. The lowest BCUT2D eigenvalue weighted by atomic mass is 10.2. The van der Waals surface area contributed by atoms with Crippen LogP contribution in [0.1, 0.15) is 21.6 Å². The maximum Gasteiger partial charge on any atom is 0.270 e. The molecule has 5 heteroatoms. The van der Waals surface area contributed by atoms with Crippen LogP contribution in [0.5, 0.6) is 0 Å². The predicted molar refractivity (Wildman–Crippen MR) is 96.8 cm³/mol. The van der Waals surface area contributed by atoms with Gasteiger partial charge in [0.1, 0.15) is 11.5 Å². The maximum atomic E-state index is 12.4. The van der Waals surface area contributed by atoms with E-state index in [9.17, 15) is 4.79 Å². The van der Waals surface area contributed by atoms with Crippen molar-refractivity contribution in [3.63, 3.8) is 0 Å². The van der Waals surface area contributed by atoms with Crippen molar-refractivity contribution in [2.75, 3.05) is 11.4 Å². The normalized spacial score (nSPS) is 12.7. The van der Waals surface area contributed by atoms with Gasteiger partial charge in [-0.3, -0.25) is 9.78 Å². The first-order valence-electron chi connectivity index (χ1n) is 8.31. The number of benzene rings is 1. The Balaban J connectivity index is 1.51. The van der Waals surface area contributed by atoms with Crippen LogP contribution in [0.4, 0.5) is 11.5 Å². The Morgan fingerprint density at radius 2 is 1.88 bits per heavy atom. The Morgan fingerprint density at radius 3 is 2.76 bits per heavy atom. The van der Waals surface area contributed by atoms with Crippen LogP contribution in [-0.4, -0.2) is 22.4 Å². The SMILES string of the molecule is O=C(NCc1ccncc1)c1cccc(N2CCc3ccccc32)n1. The van der Waals surface area contributed by atoms with Crippen LogP contribution in [0, 0.1) is 0 Å². The predicted octanol–water partition coefficient (Wildman–Crippen LogP) is 3.10. The largest absolute Gasteiger partial charge is 0.347 e. The molecule has 124 valence electrons. The van der Waals surface area contributed by atoms with Crippen molar-refractivity contribution in [1.29, 1.82) is 0 Å². The van der Waals surface area contributed by atoms with E-state index in [0.717, 1.165) is 24.3 Å². The summed E-state index contributed by atoms with van der Waals surface area (Å²) in [6, 6.07) is 17.7. The second-order valence-corrected chi connectivity index (χ2v) is 5.95. The first kappa shape index (κ1) is 15.3. The van der Waals surface area contributed by atoms with Crippen LogP contribution in [0.15, 0.2) is 67.0 Å². The fourth-order valence-electron chi connectivity index (χ4n) is 3.05. The van der Waals surface area contributed by atoms with Gasteiger partial charge in [0.15, 0.2) is 0 Å². The molecule has 0 aliphatic carbocycles. The van der Waals surface area contributed by atoms with Crippen LogP contribution in [-0.2, 0) is 13.0 Å². The molecule has 1 amide bonds. The molecule has 5 nitrogen and oxygen atoms in total. The Kier molecular flexibility index (Phi) is 4.12. The summed E-state index contributed by atoms with van der Waals surface area (Å²) in [7, 11) is 0. The Hall–Kier alpha value is -3.21. The van der Waals surface area contributed by atoms with Gasteiger partial charge in [-0.25, -0.2) is 4.98 Å². The maximum absolute atomic E-state index is 12.4. The zero-order chi connectivity index (χ0) is 17.1. The van der Waals surface area contributed by atoms with E-state index < -0.39 is 0 Å². The third kappa shape index (κ3) is 3.21. The molecule has 3 heterocycles. The summed E-state index contributed by atoms with van der Waals surface area (Å²) in [4.78, 5) is 23.1. The number of hydrogen-bond donors (Lipinski definition) is 1. The highest BCUT2D eigenvalue weighted by atomic mass is 16.1. The molecule has 3 aromatic rings. The Morgan fingerprint density at radius 1 is 1.04 bits per heavy atom. The average molecular weight is 330 g/mol. The highest BCUT2D eigenvalue weighted by Crippen LogP contribution is 2.33. The summed E-state index contributed by atoms with van der Waals surface area (Å²) in [5.74, 6) is 0.632. The number of anilines is 2. The standard InChI is InChI=1S/C20H18N4O/c25-20(22-14-15-8-11-21-12-9-15)17-5-3-7-19(23-17)24-13-10-16-4-1-2-6-18(16)24/h1-9,11-12H,10,13-14H2,(H,22,25). The molecular formula is C20H18N4O. The summed E-state index contributed by atoms with van der Waals surface area (Å²) in [5.41, 5.74) is 3.92. The Labute approximate surface area is 146 Å². The van der Waals surface area contributed by atoms with Gasteiger partial charge in [0.25, 0.3) is 5.91 Å². The Bertz CT molecular complexity index is 895. The number of pyridine rings is 2. The lowest BCUT2D eigenvalue weighted by Crippen LogP contribution is -2.25. The lowest BCUT2D eigenvalue weighted by Gasteiger charge is -2.18. The second-order valence-electron chi connectivity index (χ2n) is 5.95. The average Bonchev–Trinajstić information content (AvgIpc) is 3.11. The summed E-state index contributed by atoms with van der Waals surface area (Å²) in [6.07, 6.45) is 4.42. The van der Waals surface area contributed by atoms with Gasteiger partial charge in [-0.05, 0) is 47.9 Å². The minimum absolute atomic E-state index is 0.175. The number of aromatic nitrogens is 2. The van der Waals surface area contributed by atoms with Gasteiger partial charge >= 0.3 is 0 Å². The molecule has 0 bridgehead atoms. The van der Waals surface area contributed by atoms with E-state index in [0.29, 0.717) is 12.2 Å². The number of rotatable bonds is 4. The summed E-state index contributed by atoms with van der Waals surface area (Å²) in [6.45, 7) is 1.34. The number of amides is 1. The summed E-state index contributed by atoms with van der Waals surface area (Å²) < 4.78 is 0. The monoisotopic (exact) mass is 330 g/mol. The van der Waals surface area contributed by atoms with E-state index in [4.69, 9.17) is 0 Å². The molecule has 0 spiro atoms. The van der Waals surface area contributed by atoms with Gasteiger partial charge in [0.2, 0.25) is 0 Å². The van der Waals surface area contributed by atoms with Gasteiger partial charge in [-0.15, -0.1) is 0 Å². The smallest absolute Gasteiger partial charge is 0.270 e. The number of fused-ring (bicyclic) bond motifs is 1. The number of carbonyl (C=O) groups excluding carboxylic acids is 1. The second kappa shape index (κ2) is 6.73. The van der Waals surface area contributed by atoms with Gasteiger partial charge < -0.3 is 10.2 Å². The molecule has 1 aliphatic heterocycles. The van der Waals surface area contributed by atoms with E-state index in [1.54, 1.807) is 18.5 Å². The fraction of sp³-hybridized carbons (Fsp3) is 0.150. The lowest BCUT2D eigenvalue weighted by molar-refractivity contribution is 0.0946. The van der Waals surface area contributed by atoms with Gasteiger partial charge in [0.05, 0.1) is 0 Å². The van der Waals surface area contributed by atoms with E-state index in [1.807, 2.05) is 30.3 Å². The zero-order valence-corrected chi connectivity index (χ0v) is 13.7. The molecule has 25 heavy (non-hydrogen) atoms. The molecule has 1 aliphatic rings. The topological polar surface area (TPSA) is 58.1 Å². The zero-order valence-electron chi connectivity index (χ0n) is 13.7. The van der Waals surface area contributed by atoms with Crippen molar-refractivity contribution < 1.29 is 4.79 Å². The van der Waals surface area contributed by atoms with Crippen LogP contribution >= 0.6 is 0 Å². The molecule has 1 aromatic carbocycles. The first-order chi connectivity index (χ1) is 12.3. The van der Waals surface area contributed by atoms with Gasteiger partial charge in [-0.1, -0.05) is 24.3 Å². The van der Waals surface area contributed by atoms with E-state index >= 15 is 0 Å². The molecule has 0 fully saturated rings. The van der Waals surface area contributed by atoms with E-state index in [-0.39, 0.29) is 5.91 Å². The third-order valence-electron chi connectivity index (χ3n) is 4.33. The van der Waals surface area contributed by atoms with E-state index in [2.05, 4.69) is 38.4 Å². The van der Waals surface area contributed by atoms with Crippen LogP contribution in [0.2, 0.25) is 0 Å². The minimum Gasteiger partial charge on any atom is -0.347 e. The van der Waals surface area contributed by atoms with Gasteiger partial charge in [-0.2, -0.15) is 0 Å². The fourth-order valence-corrected chi connectivity index (χ4v) is 3.05. The van der Waals surface area contributed by atoms with E-state index in [1.165, 1.54) is 11.3 Å². The van der Waals surface area contributed by atoms with Crippen molar-refractivity contribution in [3.05, 3.63) is 83.8 Å². The molecule has 0 radical (unpaired) electrons. The number of nitrogens with zero attached hydrogens (tertiary/aromatic N) is 3. The van der Waals surface area contributed by atoms with Crippen molar-refractivity contribution in [3.8, 4) is 0 Å². The number of para-hydroxylation sites is 1.